The summed E-state index contributed by atoms with van der Waals surface area (Å²) in [7, 11) is 0. The fraction of sp³-hybridized carbons (Fsp3) is 0.500. The Morgan fingerprint density at radius 1 is 1.21 bits per heavy atom. The molecule has 1 aliphatic carbocycles. The number of nitrogens with one attached hydrogen (secondary N) is 1. The maximum absolute atomic E-state index is 12.9. The van der Waals surface area contributed by atoms with E-state index in [9.17, 15) is 25.1 Å². The van der Waals surface area contributed by atoms with Crippen molar-refractivity contribution in [3.63, 3.8) is 0 Å². The summed E-state index contributed by atoms with van der Waals surface area (Å²) in [6.45, 7) is 1.59. The van der Waals surface area contributed by atoms with Crippen LogP contribution < -0.4 is 16.8 Å². The molecule has 0 spiro atoms. The number of amides is 1. The molecule has 0 bridgehead atoms. The molecular weight excluding hydrogens is 554 g/mol. The zero-order valence-corrected chi connectivity index (χ0v) is 24.0. The van der Waals surface area contributed by atoms with Crippen LogP contribution in [0.2, 0.25) is 0 Å². The highest BCUT2D eigenvalue weighted by molar-refractivity contribution is 5.97. The van der Waals surface area contributed by atoms with Crippen molar-refractivity contribution < 1.29 is 29.3 Å². The van der Waals surface area contributed by atoms with Crippen LogP contribution in [0.4, 0.5) is 5.82 Å². The molecule has 0 unspecified atom stereocenters. The largest absolute Gasteiger partial charge is 0.463 e. The first kappa shape index (κ1) is 30.5. The fourth-order valence-electron chi connectivity index (χ4n) is 5.85. The molecule has 1 saturated heterocycles. The van der Waals surface area contributed by atoms with Crippen LogP contribution in [0, 0.1) is 18.3 Å². The highest BCUT2D eigenvalue weighted by Gasteiger charge is 2.58. The number of esters is 1. The van der Waals surface area contributed by atoms with Crippen molar-refractivity contribution in [3.05, 3.63) is 59.5 Å². The van der Waals surface area contributed by atoms with E-state index in [0.29, 0.717) is 11.9 Å². The van der Waals surface area contributed by atoms with Gasteiger partial charge in [0, 0.05) is 5.54 Å². The third-order valence-corrected chi connectivity index (χ3v) is 8.37. The minimum Gasteiger partial charge on any atom is -0.463 e. The molecular formula is C30H37N7O6. The number of aryl methyl sites for hydroxylation is 1. The highest BCUT2D eigenvalue weighted by atomic mass is 16.6. The number of nitrogens with zero attached hydrogens (tertiary/aromatic N) is 4. The average Bonchev–Trinajstić information content (AvgIpc) is 3.53. The van der Waals surface area contributed by atoms with Crippen molar-refractivity contribution in [2.45, 2.75) is 87.4 Å². The van der Waals surface area contributed by atoms with Crippen molar-refractivity contribution in [1.29, 1.82) is 5.26 Å². The molecule has 13 nitrogen and oxygen atoms in total. The molecule has 3 heterocycles. The lowest BCUT2D eigenvalue weighted by Gasteiger charge is -2.32. The number of aromatic nitrogens is 3. The molecule has 2 fully saturated rings. The second-order valence-electron chi connectivity index (χ2n) is 11.6. The zero-order valence-electron chi connectivity index (χ0n) is 24.0. The summed E-state index contributed by atoms with van der Waals surface area (Å²) in [5, 5.41) is 38.9. The predicted octanol–water partition coefficient (Wildman–Crippen LogP) is 0.981. The zero-order chi connectivity index (χ0) is 30.8. The summed E-state index contributed by atoms with van der Waals surface area (Å²) in [5.41, 5.74) is 12.2. The topological polar surface area (TPSA) is 211 Å². The smallest absolute Gasteiger partial charge is 0.307 e. The van der Waals surface area contributed by atoms with Gasteiger partial charge in [-0.2, -0.15) is 10.4 Å². The Morgan fingerprint density at radius 3 is 2.63 bits per heavy atom. The number of nitrogens with two attached hydrogens (primary N) is 2. The summed E-state index contributed by atoms with van der Waals surface area (Å²) in [6, 6.07) is 11.9. The first-order valence-electron chi connectivity index (χ1n) is 14.4. The third-order valence-electron chi connectivity index (χ3n) is 8.37. The number of rotatable bonds is 9. The minimum atomic E-state index is -2.06. The lowest BCUT2D eigenvalue weighted by molar-refractivity contribution is -0.152. The molecule has 3 aromatic rings. The average molecular weight is 592 g/mol. The van der Waals surface area contributed by atoms with Crippen molar-refractivity contribution in [2.75, 3.05) is 11.9 Å². The number of carbonyl (C=O) groups excluding carboxylic acids is 2. The number of carbonyl (C=O) groups is 2. The number of anilines is 1. The van der Waals surface area contributed by atoms with Gasteiger partial charge in [0.1, 0.15) is 42.8 Å². The van der Waals surface area contributed by atoms with Gasteiger partial charge in [0.2, 0.25) is 11.5 Å². The molecule has 7 N–H and O–H groups in total. The van der Waals surface area contributed by atoms with Crippen molar-refractivity contribution in [1.82, 2.24) is 14.6 Å². The van der Waals surface area contributed by atoms with Gasteiger partial charge in [-0.15, -0.1) is 0 Å². The molecule has 1 aliphatic heterocycles. The molecule has 2 aliphatic rings. The molecule has 2 aromatic heterocycles. The number of hydrogen-bond acceptors (Lipinski definition) is 11. The summed E-state index contributed by atoms with van der Waals surface area (Å²) >= 11 is 0. The molecule has 13 heteroatoms. The Hall–Kier alpha value is -3.93. The predicted molar refractivity (Wildman–Crippen MR) is 154 cm³/mol. The standard InChI is InChI=1S/C30H37N7O6/c1-18-5-7-19(8-6-18)13-20(32)28(41)36-27-21-9-10-23(37(21)35-17-34-27)30(16-31)26(40)25(39)22(43-30)15-42-24(38)14-29(33)11-3-2-4-12-29/h5-10,17,20,22,25-26,39-40H,2-4,11-15,32-33H2,1H3,(H,34,35,36,41)/t20-,22+,25+,26+,30-/m0/s1. The van der Waals surface area contributed by atoms with Crippen LogP contribution in [0.3, 0.4) is 0 Å². The number of fused-ring (bicyclic) bond motifs is 1. The van der Waals surface area contributed by atoms with E-state index in [2.05, 4.69) is 15.4 Å². The maximum Gasteiger partial charge on any atom is 0.307 e. The quantitative estimate of drug-likeness (QED) is 0.221. The van der Waals surface area contributed by atoms with E-state index in [1.54, 1.807) is 6.07 Å². The highest BCUT2D eigenvalue weighted by Crippen LogP contribution is 2.41. The molecule has 0 radical (unpaired) electrons. The Kier molecular flexibility index (Phi) is 8.77. The van der Waals surface area contributed by atoms with Crippen LogP contribution in [-0.2, 0) is 31.1 Å². The van der Waals surface area contributed by atoms with Gasteiger partial charge in [0.05, 0.1) is 18.2 Å². The van der Waals surface area contributed by atoms with Crippen molar-refractivity contribution in [2.24, 2.45) is 11.5 Å². The van der Waals surface area contributed by atoms with Gasteiger partial charge < -0.3 is 36.5 Å². The third kappa shape index (κ3) is 6.24. The summed E-state index contributed by atoms with van der Waals surface area (Å²) in [5.74, 6) is -0.873. The van der Waals surface area contributed by atoms with E-state index >= 15 is 0 Å². The first-order chi connectivity index (χ1) is 20.5. The lowest BCUT2D eigenvalue weighted by Crippen LogP contribution is -2.44. The van der Waals surface area contributed by atoms with Crippen molar-refractivity contribution >= 4 is 23.2 Å². The van der Waals surface area contributed by atoms with Crippen LogP contribution in [-0.4, -0.2) is 73.2 Å². The Labute approximate surface area is 248 Å². The molecule has 5 rings (SSSR count). The Balaban J connectivity index is 1.30. The van der Waals surface area contributed by atoms with Gasteiger partial charge in [-0.3, -0.25) is 9.59 Å². The van der Waals surface area contributed by atoms with Gasteiger partial charge in [-0.05, 0) is 43.9 Å². The second-order valence-corrected chi connectivity index (χ2v) is 11.6. The number of nitriles is 1. The SMILES string of the molecule is Cc1ccc(C[C@H](N)C(=O)Nc2ncnn3c([C@]4(C#N)O[C@H](COC(=O)CC5(N)CCCCC5)[C@@H](O)[C@H]4O)ccc23)cc1. The van der Waals surface area contributed by atoms with Gasteiger partial charge in [-0.1, -0.05) is 49.1 Å². The van der Waals surface area contributed by atoms with Crippen molar-refractivity contribution in [3.8, 4) is 6.07 Å². The Bertz CT molecular complexity index is 1510. The van der Waals surface area contributed by atoms with Crippen LogP contribution in [0.15, 0.2) is 42.7 Å². The van der Waals surface area contributed by atoms with Crippen LogP contribution in [0.1, 0.15) is 55.3 Å². The van der Waals surface area contributed by atoms with Crippen LogP contribution >= 0.6 is 0 Å². The molecule has 1 aromatic carbocycles. The number of aliphatic hydroxyl groups excluding tert-OH is 2. The normalized spacial score (nSPS) is 25.6. The van der Waals surface area contributed by atoms with Crippen LogP contribution in [0.5, 0.6) is 0 Å². The van der Waals surface area contributed by atoms with E-state index in [1.807, 2.05) is 37.3 Å². The number of hydrogen-bond donors (Lipinski definition) is 5. The van der Waals surface area contributed by atoms with E-state index < -0.39 is 47.4 Å². The van der Waals surface area contributed by atoms with E-state index in [4.69, 9.17) is 20.9 Å². The molecule has 228 valence electrons. The number of benzene rings is 1. The minimum absolute atomic E-state index is 0.0329. The number of aliphatic hydroxyl groups is 2. The molecule has 43 heavy (non-hydrogen) atoms. The van der Waals surface area contributed by atoms with E-state index in [0.717, 1.165) is 43.2 Å². The molecule has 1 saturated carbocycles. The monoisotopic (exact) mass is 591 g/mol. The second kappa shape index (κ2) is 12.4. The number of ether oxygens (including phenoxy) is 2. The van der Waals surface area contributed by atoms with Gasteiger partial charge in [0.25, 0.3) is 0 Å². The van der Waals surface area contributed by atoms with Crippen LogP contribution in [0.25, 0.3) is 5.52 Å². The van der Waals surface area contributed by atoms with E-state index in [1.165, 1.54) is 16.9 Å². The molecule has 1 amide bonds. The van der Waals surface area contributed by atoms with Gasteiger partial charge in [0.15, 0.2) is 5.82 Å². The lowest BCUT2D eigenvalue weighted by atomic mass is 9.80. The fourth-order valence-corrected chi connectivity index (χ4v) is 5.85. The van der Waals surface area contributed by atoms with Gasteiger partial charge >= 0.3 is 5.97 Å². The van der Waals surface area contributed by atoms with Gasteiger partial charge in [-0.25, -0.2) is 9.50 Å². The summed E-state index contributed by atoms with van der Waals surface area (Å²) in [4.78, 5) is 29.6. The maximum atomic E-state index is 12.9. The summed E-state index contributed by atoms with van der Waals surface area (Å²) < 4.78 is 12.6. The summed E-state index contributed by atoms with van der Waals surface area (Å²) in [6.07, 6.45) is 1.53. The Morgan fingerprint density at radius 2 is 1.93 bits per heavy atom. The first-order valence-corrected chi connectivity index (χ1v) is 14.4. The van der Waals surface area contributed by atoms with E-state index in [-0.39, 0.29) is 24.5 Å². The molecule has 5 atom stereocenters.